The van der Waals surface area contributed by atoms with E-state index in [1.807, 2.05) is 24.3 Å². The molecule has 3 aromatic rings. The van der Waals surface area contributed by atoms with Gasteiger partial charge in [0.25, 0.3) is 0 Å². The molecule has 90 valence electrons. The van der Waals surface area contributed by atoms with Crippen molar-refractivity contribution in [3.63, 3.8) is 0 Å². The van der Waals surface area contributed by atoms with Crippen LogP contribution >= 0.6 is 11.6 Å². The number of nitrogen functional groups attached to an aromatic ring is 1. The van der Waals surface area contributed by atoms with E-state index in [9.17, 15) is 0 Å². The highest BCUT2D eigenvalue weighted by Gasteiger charge is 2.10. The van der Waals surface area contributed by atoms with Crippen LogP contribution in [-0.4, -0.2) is 25.0 Å². The number of benzene rings is 1. The zero-order chi connectivity index (χ0) is 12.5. The first kappa shape index (κ1) is 10.9. The molecule has 0 atom stereocenters. The van der Waals surface area contributed by atoms with Gasteiger partial charge in [-0.2, -0.15) is 0 Å². The lowest BCUT2D eigenvalue weighted by Gasteiger charge is -2.03. The van der Waals surface area contributed by atoms with E-state index in [1.54, 1.807) is 4.68 Å². The molecule has 7 heteroatoms. The first-order valence-electron chi connectivity index (χ1n) is 5.29. The van der Waals surface area contributed by atoms with Gasteiger partial charge in [-0.25, -0.2) is 14.6 Å². The average molecular weight is 261 g/mol. The van der Waals surface area contributed by atoms with Crippen molar-refractivity contribution < 1.29 is 0 Å². The number of halogens is 1. The third-order valence-electron chi connectivity index (χ3n) is 2.61. The molecule has 18 heavy (non-hydrogen) atoms. The monoisotopic (exact) mass is 260 g/mol. The molecule has 0 saturated heterocycles. The summed E-state index contributed by atoms with van der Waals surface area (Å²) in [6, 6.07) is 7.56. The van der Waals surface area contributed by atoms with E-state index in [1.165, 1.54) is 6.33 Å². The van der Waals surface area contributed by atoms with Gasteiger partial charge in [-0.05, 0) is 11.6 Å². The fourth-order valence-corrected chi connectivity index (χ4v) is 1.90. The van der Waals surface area contributed by atoms with Gasteiger partial charge in [0, 0.05) is 5.02 Å². The van der Waals surface area contributed by atoms with E-state index in [4.69, 9.17) is 17.3 Å². The third kappa shape index (κ3) is 1.76. The fourth-order valence-electron chi connectivity index (χ4n) is 1.70. The number of nitrogens with zero attached hydrogens (tertiary/aromatic N) is 5. The number of fused-ring (bicyclic) bond motifs is 1. The number of aromatic nitrogens is 5. The van der Waals surface area contributed by atoms with Gasteiger partial charge in [0.2, 0.25) is 0 Å². The standard InChI is InChI=1S/C11H9ClN6/c12-8-4-2-1-3-7(8)5-18-11-9(16-17-18)10(13)14-6-15-11/h1-4,6H,5H2,(H2,13,14,15). The molecule has 3 rings (SSSR count). The van der Waals surface area contributed by atoms with Gasteiger partial charge >= 0.3 is 0 Å². The summed E-state index contributed by atoms with van der Waals surface area (Å²) in [5.74, 6) is 0.324. The van der Waals surface area contributed by atoms with Crippen molar-refractivity contribution in [2.75, 3.05) is 5.73 Å². The van der Waals surface area contributed by atoms with Crippen molar-refractivity contribution in [3.05, 3.63) is 41.2 Å². The van der Waals surface area contributed by atoms with E-state index in [0.29, 0.717) is 28.5 Å². The second kappa shape index (κ2) is 4.23. The average Bonchev–Trinajstić information content (AvgIpc) is 2.77. The maximum atomic E-state index is 6.10. The van der Waals surface area contributed by atoms with Crippen molar-refractivity contribution >= 4 is 28.6 Å². The lowest BCUT2D eigenvalue weighted by atomic mass is 10.2. The highest BCUT2D eigenvalue weighted by Crippen LogP contribution is 2.18. The number of nitrogens with two attached hydrogens (primary N) is 1. The van der Waals surface area contributed by atoms with Crippen molar-refractivity contribution in [3.8, 4) is 0 Å². The van der Waals surface area contributed by atoms with Crippen LogP contribution in [0.4, 0.5) is 5.82 Å². The highest BCUT2D eigenvalue weighted by atomic mass is 35.5. The fraction of sp³-hybridized carbons (Fsp3) is 0.0909. The van der Waals surface area contributed by atoms with Gasteiger partial charge in [0.05, 0.1) is 6.54 Å². The van der Waals surface area contributed by atoms with Crippen molar-refractivity contribution in [1.82, 2.24) is 25.0 Å². The van der Waals surface area contributed by atoms with Gasteiger partial charge in [-0.3, -0.25) is 0 Å². The summed E-state index contributed by atoms with van der Waals surface area (Å²) < 4.78 is 1.65. The summed E-state index contributed by atoms with van der Waals surface area (Å²) in [5.41, 5.74) is 7.75. The van der Waals surface area contributed by atoms with Crippen LogP contribution in [0.15, 0.2) is 30.6 Å². The van der Waals surface area contributed by atoms with E-state index < -0.39 is 0 Å². The topological polar surface area (TPSA) is 82.5 Å². The zero-order valence-electron chi connectivity index (χ0n) is 9.29. The van der Waals surface area contributed by atoms with Crippen molar-refractivity contribution in [2.45, 2.75) is 6.54 Å². The van der Waals surface area contributed by atoms with Crippen LogP contribution in [0.1, 0.15) is 5.56 Å². The Morgan fingerprint density at radius 3 is 2.89 bits per heavy atom. The minimum atomic E-state index is 0.324. The van der Waals surface area contributed by atoms with Crippen LogP contribution in [0.5, 0.6) is 0 Å². The maximum Gasteiger partial charge on any atom is 0.184 e. The minimum absolute atomic E-state index is 0.324. The second-order valence-electron chi connectivity index (χ2n) is 3.77. The summed E-state index contributed by atoms with van der Waals surface area (Å²) in [6.07, 6.45) is 1.39. The van der Waals surface area contributed by atoms with Crippen LogP contribution in [-0.2, 0) is 6.54 Å². The molecule has 0 unspecified atom stereocenters. The van der Waals surface area contributed by atoms with Crippen LogP contribution in [0.25, 0.3) is 11.2 Å². The van der Waals surface area contributed by atoms with Gasteiger partial charge in [0.1, 0.15) is 6.33 Å². The Kier molecular flexibility index (Phi) is 2.56. The van der Waals surface area contributed by atoms with E-state index in [2.05, 4.69) is 20.3 Å². The lowest BCUT2D eigenvalue weighted by Crippen LogP contribution is -2.03. The van der Waals surface area contributed by atoms with E-state index in [0.717, 1.165) is 5.56 Å². The van der Waals surface area contributed by atoms with Crippen LogP contribution in [0.2, 0.25) is 5.02 Å². The molecule has 0 saturated carbocycles. The largest absolute Gasteiger partial charge is 0.382 e. The summed E-state index contributed by atoms with van der Waals surface area (Å²) in [5, 5.41) is 8.67. The molecule has 0 radical (unpaired) electrons. The van der Waals surface area contributed by atoms with Crippen LogP contribution in [0, 0.1) is 0 Å². The van der Waals surface area contributed by atoms with Crippen LogP contribution < -0.4 is 5.73 Å². The van der Waals surface area contributed by atoms with Gasteiger partial charge < -0.3 is 5.73 Å². The van der Waals surface area contributed by atoms with E-state index in [-0.39, 0.29) is 0 Å². The molecule has 0 spiro atoms. The predicted octanol–water partition coefficient (Wildman–Crippen LogP) is 1.51. The molecule has 0 aliphatic heterocycles. The molecule has 0 aliphatic rings. The predicted molar refractivity (Wildman–Crippen MR) is 68.1 cm³/mol. The molecule has 0 bridgehead atoms. The van der Waals surface area contributed by atoms with Gasteiger partial charge in [-0.15, -0.1) is 5.10 Å². The number of rotatable bonds is 2. The Morgan fingerprint density at radius 1 is 1.22 bits per heavy atom. The normalized spacial score (nSPS) is 10.9. The third-order valence-corrected chi connectivity index (χ3v) is 2.98. The minimum Gasteiger partial charge on any atom is -0.382 e. The summed E-state index contributed by atoms with van der Waals surface area (Å²) in [4.78, 5) is 8.00. The summed E-state index contributed by atoms with van der Waals surface area (Å²) in [6.45, 7) is 0.493. The Bertz CT molecular complexity index is 708. The summed E-state index contributed by atoms with van der Waals surface area (Å²) >= 11 is 6.10. The first-order chi connectivity index (χ1) is 8.75. The number of hydrogen-bond donors (Lipinski definition) is 1. The smallest absolute Gasteiger partial charge is 0.184 e. The molecule has 6 nitrogen and oxygen atoms in total. The molecule has 2 N–H and O–H groups in total. The quantitative estimate of drug-likeness (QED) is 0.755. The van der Waals surface area contributed by atoms with E-state index >= 15 is 0 Å². The molecule has 0 aliphatic carbocycles. The lowest BCUT2D eigenvalue weighted by molar-refractivity contribution is 0.664. The Balaban J connectivity index is 2.06. The number of hydrogen-bond acceptors (Lipinski definition) is 5. The molecular weight excluding hydrogens is 252 g/mol. The SMILES string of the molecule is Nc1ncnc2c1nnn2Cc1ccccc1Cl. The molecule has 0 fully saturated rings. The molecule has 1 aromatic carbocycles. The summed E-state index contributed by atoms with van der Waals surface area (Å²) in [7, 11) is 0. The first-order valence-corrected chi connectivity index (χ1v) is 5.66. The molecular formula is C11H9ClN6. The van der Waals surface area contributed by atoms with Gasteiger partial charge in [0.15, 0.2) is 17.0 Å². The van der Waals surface area contributed by atoms with Crippen molar-refractivity contribution in [2.24, 2.45) is 0 Å². The zero-order valence-corrected chi connectivity index (χ0v) is 10.0. The molecule has 2 aromatic heterocycles. The molecule has 2 heterocycles. The Labute approximate surface area is 107 Å². The highest BCUT2D eigenvalue weighted by molar-refractivity contribution is 6.31. The van der Waals surface area contributed by atoms with Crippen molar-refractivity contribution in [1.29, 1.82) is 0 Å². The van der Waals surface area contributed by atoms with Crippen LogP contribution in [0.3, 0.4) is 0 Å². The molecule has 0 amide bonds. The maximum absolute atomic E-state index is 6.10. The Morgan fingerprint density at radius 2 is 2.06 bits per heavy atom. The second-order valence-corrected chi connectivity index (χ2v) is 4.18. The Hall–Kier alpha value is -2.21. The van der Waals surface area contributed by atoms with Gasteiger partial charge in [-0.1, -0.05) is 35.0 Å². The number of anilines is 1.